The number of pyridine rings is 1. The average Bonchev–Trinajstić information content (AvgIpc) is 2.89. The molecule has 2 rings (SSSR count). The Morgan fingerprint density at radius 3 is 2.64 bits per heavy atom. The number of nitrogens with one attached hydrogen (secondary N) is 1. The fourth-order valence-corrected chi connectivity index (χ4v) is 3.27. The van der Waals surface area contributed by atoms with Crippen LogP contribution >= 0.6 is 0 Å². The number of sulfone groups is 1. The predicted molar refractivity (Wildman–Crippen MR) is 74.3 cm³/mol. The number of rotatable bonds is 5. The van der Waals surface area contributed by atoms with Gasteiger partial charge in [-0.2, -0.15) is 13.2 Å². The van der Waals surface area contributed by atoms with Crippen LogP contribution in [0.5, 0.6) is 5.88 Å². The third-order valence-electron chi connectivity index (χ3n) is 3.43. The Kier molecular flexibility index (Phi) is 4.96. The fourth-order valence-electron chi connectivity index (χ4n) is 2.33. The first-order valence-electron chi connectivity index (χ1n) is 6.73. The highest BCUT2D eigenvalue weighted by Gasteiger charge is 2.32. The topological polar surface area (TPSA) is 68.3 Å². The molecule has 1 saturated heterocycles. The summed E-state index contributed by atoms with van der Waals surface area (Å²) in [7, 11) is -3.27. The lowest BCUT2D eigenvalue weighted by Gasteiger charge is -2.23. The summed E-state index contributed by atoms with van der Waals surface area (Å²) in [6, 6.07) is 1.98. The van der Waals surface area contributed by atoms with Gasteiger partial charge in [0.05, 0.1) is 11.3 Å². The summed E-state index contributed by atoms with van der Waals surface area (Å²) >= 11 is 0. The molecule has 0 saturated carbocycles. The van der Waals surface area contributed by atoms with Gasteiger partial charge in [0.2, 0.25) is 5.88 Å². The summed E-state index contributed by atoms with van der Waals surface area (Å²) < 4.78 is 66.0. The van der Waals surface area contributed by atoms with Crippen LogP contribution in [0.3, 0.4) is 0 Å². The second-order valence-electron chi connectivity index (χ2n) is 5.38. The molecule has 2 heterocycles. The maximum atomic E-state index is 12.5. The molecular formula is C13H17F3N2O3S. The van der Waals surface area contributed by atoms with E-state index >= 15 is 0 Å². The van der Waals surface area contributed by atoms with E-state index in [1.54, 1.807) is 0 Å². The summed E-state index contributed by atoms with van der Waals surface area (Å²) in [4.78, 5) is 3.63. The van der Waals surface area contributed by atoms with Gasteiger partial charge in [0.1, 0.15) is 6.10 Å². The van der Waals surface area contributed by atoms with Gasteiger partial charge in [0.15, 0.2) is 9.84 Å². The van der Waals surface area contributed by atoms with Crippen LogP contribution in [-0.4, -0.2) is 44.6 Å². The van der Waals surface area contributed by atoms with Crippen molar-refractivity contribution in [3.8, 4) is 5.88 Å². The molecule has 0 amide bonds. The lowest BCUT2D eigenvalue weighted by atomic mass is 10.0. The summed E-state index contributed by atoms with van der Waals surface area (Å²) in [6.45, 7) is 1.37. The number of alkyl halides is 3. The first-order chi connectivity index (χ1) is 10.1. The van der Waals surface area contributed by atoms with Gasteiger partial charge in [-0.3, -0.25) is 0 Å². The zero-order chi connectivity index (χ0) is 16.4. The van der Waals surface area contributed by atoms with E-state index in [1.165, 1.54) is 0 Å². The molecule has 1 fully saturated rings. The second-order valence-corrected chi connectivity index (χ2v) is 7.57. The standard InChI is InChI=1S/C13H17F3N2O3S/c1-22(19,20)8-11(9-4-5-17-6-9)21-12-3-2-10(7-18-12)13(14,15)16/h2-3,7,9,11,17H,4-6,8H2,1H3/t9?,11-/m0/s1. The van der Waals surface area contributed by atoms with E-state index < -0.39 is 27.7 Å². The van der Waals surface area contributed by atoms with E-state index in [0.717, 1.165) is 31.4 Å². The number of aromatic nitrogens is 1. The first kappa shape index (κ1) is 17.0. The number of nitrogens with zero attached hydrogens (tertiary/aromatic N) is 1. The Balaban J connectivity index is 2.12. The van der Waals surface area contributed by atoms with Gasteiger partial charge >= 0.3 is 6.18 Å². The van der Waals surface area contributed by atoms with Crippen molar-refractivity contribution < 1.29 is 26.3 Å². The Hall–Kier alpha value is -1.35. The van der Waals surface area contributed by atoms with Gasteiger partial charge in [-0.15, -0.1) is 0 Å². The molecule has 1 aliphatic rings. The molecule has 124 valence electrons. The highest BCUT2D eigenvalue weighted by atomic mass is 32.2. The van der Waals surface area contributed by atoms with E-state index in [9.17, 15) is 21.6 Å². The van der Waals surface area contributed by atoms with Crippen molar-refractivity contribution in [3.63, 3.8) is 0 Å². The molecule has 0 aliphatic carbocycles. The smallest absolute Gasteiger partial charge is 0.417 e. The molecular weight excluding hydrogens is 321 g/mol. The quantitative estimate of drug-likeness (QED) is 0.881. The Labute approximate surface area is 126 Å². The Bertz CT molecular complexity index is 596. The van der Waals surface area contributed by atoms with Gasteiger partial charge in [-0.05, 0) is 19.0 Å². The minimum Gasteiger partial charge on any atom is -0.473 e. The Morgan fingerprint density at radius 2 is 2.18 bits per heavy atom. The van der Waals surface area contributed by atoms with Gasteiger partial charge in [0, 0.05) is 31.0 Å². The number of hydrogen-bond acceptors (Lipinski definition) is 5. The van der Waals surface area contributed by atoms with Crippen molar-refractivity contribution in [2.75, 3.05) is 25.1 Å². The van der Waals surface area contributed by atoms with E-state index in [1.807, 2.05) is 0 Å². The highest BCUT2D eigenvalue weighted by molar-refractivity contribution is 7.90. The summed E-state index contributed by atoms with van der Waals surface area (Å²) in [6.07, 6.45) is -2.56. The number of hydrogen-bond donors (Lipinski definition) is 1. The molecule has 9 heteroatoms. The van der Waals surface area contributed by atoms with Crippen molar-refractivity contribution in [1.29, 1.82) is 0 Å². The van der Waals surface area contributed by atoms with E-state index in [0.29, 0.717) is 12.7 Å². The van der Waals surface area contributed by atoms with E-state index in [-0.39, 0.29) is 17.6 Å². The summed E-state index contributed by atoms with van der Waals surface area (Å²) in [5.74, 6) is -0.213. The minimum absolute atomic E-state index is 0.00597. The molecule has 1 unspecified atom stereocenters. The molecule has 2 atom stereocenters. The highest BCUT2D eigenvalue weighted by Crippen LogP contribution is 2.29. The van der Waals surface area contributed by atoms with E-state index in [4.69, 9.17) is 4.74 Å². The third-order valence-corrected chi connectivity index (χ3v) is 4.36. The molecule has 0 spiro atoms. The second kappa shape index (κ2) is 6.41. The zero-order valence-corrected chi connectivity index (χ0v) is 12.7. The molecule has 0 bridgehead atoms. The SMILES string of the molecule is CS(=O)(=O)C[C@H](Oc1ccc(C(F)(F)F)cn1)C1CCNC1. The van der Waals surface area contributed by atoms with Crippen LogP contribution < -0.4 is 10.1 Å². The minimum atomic E-state index is -4.47. The van der Waals surface area contributed by atoms with Crippen molar-refractivity contribution >= 4 is 9.84 Å². The van der Waals surface area contributed by atoms with Crippen LogP contribution in [0.25, 0.3) is 0 Å². The molecule has 22 heavy (non-hydrogen) atoms. The molecule has 0 radical (unpaired) electrons. The summed E-state index contributed by atoms with van der Waals surface area (Å²) in [5, 5.41) is 3.11. The van der Waals surface area contributed by atoms with Gasteiger partial charge in [-0.1, -0.05) is 0 Å². The fraction of sp³-hybridized carbons (Fsp3) is 0.615. The zero-order valence-electron chi connectivity index (χ0n) is 11.9. The molecule has 0 aromatic carbocycles. The van der Waals surface area contributed by atoms with Crippen LogP contribution in [0.1, 0.15) is 12.0 Å². The molecule has 1 aromatic rings. The first-order valence-corrected chi connectivity index (χ1v) is 8.79. The average molecular weight is 338 g/mol. The number of halogens is 3. The van der Waals surface area contributed by atoms with Crippen LogP contribution in [-0.2, 0) is 16.0 Å². The monoisotopic (exact) mass is 338 g/mol. The lowest BCUT2D eigenvalue weighted by molar-refractivity contribution is -0.137. The largest absolute Gasteiger partial charge is 0.473 e. The van der Waals surface area contributed by atoms with Crippen molar-refractivity contribution in [2.45, 2.75) is 18.7 Å². The summed E-state index contributed by atoms with van der Waals surface area (Å²) in [5.41, 5.74) is -0.873. The third kappa shape index (κ3) is 4.84. The maximum Gasteiger partial charge on any atom is 0.417 e. The van der Waals surface area contributed by atoms with Crippen molar-refractivity contribution in [2.24, 2.45) is 5.92 Å². The van der Waals surface area contributed by atoms with Crippen LogP contribution in [0.15, 0.2) is 18.3 Å². The predicted octanol–water partition coefficient (Wildman–Crippen LogP) is 1.50. The van der Waals surface area contributed by atoms with Gasteiger partial charge < -0.3 is 10.1 Å². The molecule has 5 nitrogen and oxygen atoms in total. The Morgan fingerprint density at radius 1 is 1.45 bits per heavy atom. The molecule has 1 aromatic heterocycles. The van der Waals surface area contributed by atoms with Gasteiger partial charge in [0.25, 0.3) is 0 Å². The van der Waals surface area contributed by atoms with Crippen molar-refractivity contribution in [1.82, 2.24) is 10.3 Å². The van der Waals surface area contributed by atoms with Crippen LogP contribution in [0.4, 0.5) is 13.2 Å². The maximum absolute atomic E-state index is 12.5. The van der Waals surface area contributed by atoms with Crippen LogP contribution in [0.2, 0.25) is 0 Å². The lowest BCUT2D eigenvalue weighted by Crippen LogP contribution is -2.35. The van der Waals surface area contributed by atoms with E-state index in [2.05, 4.69) is 10.3 Å². The molecule has 1 N–H and O–H groups in total. The van der Waals surface area contributed by atoms with Crippen molar-refractivity contribution in [3.05, 3.63) is 23.9 Å². The van der Waals surface area contributed by atoms with Crippen LogP contribution in [0, 0.1) is 5.92 Å². The normalized spacial score (nSPS) is 20.8. The number of ether oxygens (including phenoxy) is 1. The van der Waals surface area contributed by atoms with Gasteiger partial charge in [-0.25, -0.2) is 13.4 Å². The molecule has 1 aliphatic heterocycles.